The van der Waals surface area contributed by atoms with Crippen molar-refractivity contribution in [1.29, 1.82) is 5.41 Å². The summed E-state index contributed by atoms with van der Waals surface area (Å²) in [6, 6.07) is 8.95. The van der Waals surface area contributed by atoms with Crippen molar-refractivity contribution in [3.8, 4) is 0 Å². The third-order valence-electron chi connectivity index (χ3n) is 6.24. The maximum atomic E-state index is 13.5. The van der Waals surface area contributed by atoms with E-state index >= 15 is 0 Å². The Kier molecular flexibility index (Phi) is 5.26. The molecule has 168 valence electrons. The van der Waals surface area contributed by atoms with E-state index in [2.05, 4.69) is 9.88 Å². The highest BCUT2D eigenvalue weighted by Gasteiger charge is 2.24. The first-order chi connectivity index (χ1) is 15.9. The molecular weight excluding hydrogens is 418 g/mol. The van der Waals surface area contributed by atoms with Gasteiger partial charge in [0.2, 0.25) is 0 Å². The molecule has 1 amide bonds. The fourth-order valence-corrected chi connectivity index (χ4v) is 4.26. The van der Waals surface area contributed by atoms with Crippen molar-refractivity contribution in [2.24, 2.45) is 0 Å². The largest absolute Gasteiger partial charge is 0.336 e. The lowest BCUT2D eigenvalue weighted by molar-refractivity contribution is 0.0661. The van der Waals surface area contributed by atoms with Crippen LogP contribution >= 0.6 is 0 Å². The number of fused-ring (bicyclic) bond motifs is 2. The van der Waals surface area contributed by atoms with Crippen LogP contribution in [0.25, 0.3) is 16.7 Å². The zero-order valence-electron chi connectivity index (χ0n) is 18.7. The molecule has 0 bridgehead atoms. The van der Waals surface area contributed by atoms with Gasteiger partial charge in [-0.15, -0.1) is 0 Å². The summed E-state index contributed by atoms with van der Waals surface area (Å²) in [7, 11) is 2.02. The Balaban J connectivity index is 1.76. The summed E-state index contributed by atoms with van der Waals surface area (Å²) in [6.45, 7) is 4.93. The number of aryl methyl sites for hydroxylation is 1. The average Bonchev–Trinajstić information content (AvgIpc) is 2.82. The number of likely N-dealkylation sites (N-methyl/N-ethyl adjacent to an activating group) is 1. The van der Waals surface area contributed by atoms with Crippen LogP contribution in [0.15, 0.2) is 53.7 Å². The molecule has 0 unspecified atom stereocenters. The molecule has 9 heteroatoms. The van der Waals surface area contributed by atoms with Gasteiger partial charge in [-0.1, -0.05) is 6.07 Å². The van der Waals surface area contributed by atoms with Crippen LogP contribution in [0.3, 0.4) is 0 Å². The standard InChI is InChI=1S/C24H25N7O2/c1-16-4-3-9-30-21(16)27-22-19(24(30)33)14-18(23(32)29-12-10-28(2)11-13-29)20(25)31(22)15-17-5-7-26-8-6-17/h3-9,14,25H,10-13,15H2,1-2H3. The van der Waals surface area contributed by atoms with Gasteiger partial charge in [0, 0.05) is 44.8 Å². The fraction of sp³-hybridized carbons (Fsp3) is 0.292. The van der Waals surface area contributed by atoms with Crippen molar-refractivity contribution in [2.75, 3.05) is 33.2 Å². The van der Waals surface area contributed by atoms with E-state index < -0.39 is 0 Å². The second kappa shape index (κ2) is 8.25. The Bertz CT molecular complexity index is 1480. The Hall–Kier alpha value is -3.85. The molecule has 1 saturated heterocycles. The first kappa shape index (κ1) is 21.0. The Labute approximate surface area is 190 Å². The van der Waals surface area contributed by atoms with Crippen molar-refractivity contribution in [3.63, 3.8) is 0 Å². The minimum Gasteiger partial charge on any atom is -0.336 e. The summed E-state index contributed by atoms with van der Waals surface area (Å²) in [6.07, 6.45) is 5.05. The molecule has 0 spiro atoms. The molecule has 4 aromatic rings. The molecule has 33 heavy (non-hydrogen) atoms. The smallest absolute Gasteiger partial charge is 0.267 e. The number of piperazine rings is 1. The minimum absolute atomic E-state index is 0.0491. The average molecular weight is 444 g/mol. The Morgan fingerprint density at radius 2 is 1.82 bits per heavy atom. The first-order valence-corrected chi connectivity index (χ1v) is 10.9. The quantitative estimate of drug-likeness (QED) is 0.481. The molecule has 0 radical (unpaired) electrons. The van der Waals surface area contributed by atoms with E-state index in [-0.39, 0.29) is 22.5 Å². The Morgan fingerprint density at radius 1 is 1.09 bits per heavy atom. The summed E-state index contributed by atoms with van der Waals surface area (Å²) < 4.78 is 3.16. The van der Waals surface area contributed by atoms with E-state index in [1.165, 1.54) is 4.40 Å². The third-order valence-corrected chi connectivity index (χ3v) is 6.24. The molecule has 1 fully saturated rings. The van der Waals surface area contributed by atoms with E-state index in [9.17, 15) is 9.59 Å². The van der Waals surface area contributed by atoms with Gasteiger partial charge in [-0.2, -0.15) is 0 Å². The number of nitrogens with zero attached hydrogens (tertiary/aromatic N) is 6. The van der Waals surface area contributed by atoms with Crippen molar-refractivity contribution >= 4 is 22.6 Å². The zero-order chi connectivity index (χ0) is 23.1. The van der Waals surface area contributed by atoms with E-state index in [1.807, 2.05) is 32.2 Å². The molecule has 1 aliphatic rings. The second-order valence-corrected chi connectivity index (χ2v) is 8.48. The number of amides is 1. The van der Waals surface area contributed by atoms with Crippen molar-refractivity contribution in [3.05, 3.63) is 81.5 Å². The van der Waals surface area contributed by atoms with Gasteiger partial charge in [0.25, 0.3) is 11.5 Å². The van der Waals surface area contributed by atoms with Gasteiger partial charge in [0.05, 0.1) is 17.5 Å². The van der Waals surface area contributed by atoms with Crippen molar-refractivity contribution < 1.29 is 4.79 Å². The van der Waals surface area contributed by atoms with Crippen LogP contribution in [-0.2, 0) is 6.54 Å². The molecule has 5 heterocycles. The lowest BCUT2D eigenvalue weighted by atomic mass is 10.1. The van der Waals surface area contributed by atoms with Gasteiger partial charge in [-0.3, -0.25) is 24.4 Å². The molecule has 1 N–H and O–H groups in total. The summed E-state index contributed by atoms with van der Waals surface area (Å²) in [5.74, 6) is -0.229. The number of carbonyl (C=O) groups excluding carboxylic acids is 1. The molecule has 0 aliphatic carbocycles. The molecule has 0 aromatic carbocycles. The van der Waals surface area contributed by atoms with E-state index in [1.54, 1.807) is 40.2 Å². The maximum Gasteiger partial charge on any atom is 0.267 e. The summed E-state index contributed by atoms with van der Waals surface area (Å²) in [4.78, 5) is 39.7. The van der Waals surface area contributed by atoms with E-state index in [0.29, 0.717) is 36.3 Å². The van der Waals surface area contributed by atoms with E-state index in [0.717, 1.165) is 24.2 Å². The van der Waals surface area contributed by atoms with Gasteiger partial charge in [0.1, 0.15) is 16.8 Å². The highest BCUT2D eigenvalue weighted by molar-refractivity contribution is 5.97. The molecule has 1 aliphatic heterocycles. The van der Waals surface area contributed by atoms with Crippen LogP contribution in [0.2, 0.25) is 0 Å². The van der Waals surface area contributed by atoms with Gasteiger partial charge in [-0.05, 0) is 49.4 Å². The van der Waals surface area contributed by atoms with E-state index in [4.69, 9.17) is 10.4 Å². The first-order valence-electron chi connectivity index (χ1n) is 10.9. The minimum atomic E-state index is -0.255. The number of aromatic nitrogens is 4. The normalized spacial score (nSPS) is 14.8. The lowest BCUT2D eigenvalue weighted by Gasteiger charge is -2.32. The molecule has 5 rings (SSSR count). The summed E-state index contributed by atoms with van der Waals surface area (Å²) in [5.41, 5.74) is 2.70. The highest BCUT2D eigenvalue weighted by Crippen LogP contribution is 2.15. The number of carbonyl (C=O) groups is 1. The van der Waals surface area contributed by atoms with Gasteiger partial charge < -0.3 is 14.4 Å². The van der Waals surface area contributed by atoms with Crippen LogP contribution in [-0.4, -0.2) is 67.9 Å². The Morgan fingerprint density at radius 3 is 2.55 bits per heavy atom. The molecular formula is C24H25N7O2. The highest BCUT2D eigenvalue weighted by atomic mass is 16.2. The van der Waals surface area contributed by atoms with Crippen LogP contribution in [0, 0.1) is 12.3 Å². The predicted octanol–water partition coefficient (Wildman–Crippen LogP) is 1.27. The molecule has 0 atom stereocenters. The fourth-order valence-electron chi connectivity index (χ4n) is 4.26. The van der Waals surface area contributed by atoms with Crippen molar-refractivity contribution in [2.45, 2.75) is 13.5 Å². The summed E-state index contributed by atoms with van der Waals surface area (Å²) in [5, 5.41) is 9.26. The number of pyridine rings is 3. The van der Waals surface area contributed by atoms with Crippen LogP contribution < -0.4 is 11.0 Å². The molecule has 0 saturated carbocycles. The van der Waals surface area contributed by atoms with Gasteiger partial charge in [0.15, 0.2) is 0 Å². The maximum absolute atomic E-state index is 13.5. The lowest BCUT2D eigenvalue weighted by Crippen LogP contribution is -2.48. The SMILES string of the molecule is Cc1cccn2c(=O)c3cc(C(=O)N4CCN(C)CC4)c(=N)n(Cc4ccncc4)c3nc12. The summed E-state index contributed by atoms with van der Waals surface area (Å²) >= 11 is 0. The predicted molar refractivity (Wildman–Crippen MR) is 124 cm³/mol. The monoisotopic (exact) mass is 443 g/mol. The van der Waals surface area contributed by atoms with Crippen LogP contribution in [0.5, 0.6) is 0 Å². The van der Waals surface area contributed by atoms with Crippen LogP contribution in [0.1, 0.15) is 21.5 Å². The third kappa shape index (κ3) is 3.70. The van der Waals surface area contributed by atoms with Crippen molar-refractivity contribution in [1.82, 2.24) is 28.7 Å². The number of hydrogen-bond donors (Lipinski definition) is 1. The number of rotatable bonds is 3. The van der Waals surface area contributed by atoms with Crippen LogP contribution in [0.4, 0.5) is 0 Å². The molecule has 9 nitrogen and oxygen atoms in total. The zero-order valence-corrected chi connectivity index (χ0v) is 18.7. The second-order valence-electron chi connectivity index (χ2n) is 8.48. The van der Waals surface area contributed by atoms with Gasteiger partial charge in [-0.25, -0.2) is 4.98 Å². The molecule has 4 aromatic heterocycles. The number of hydrogen-bond acceptors (Lipinski definition) is 6. The number of nitrogens with one attached hydrogen (secondary N) is 1. The van der Waals surface area contributed by atoms with Gasteiger partial charge >= 0.3 is 0 Å². The topological polar surface area (TPSA) is 99.6 Å².